The third kappa shape index (κ3) is 3.98. The molecule has 1 aromatic heterocycles. The topological polar surface area (TPSA) is 64.1 Å². The lowest BCUT2D eigenvalue weighted by atomic mass is 10.2. The molecule has 5 nitrogen and oxygen atoms in total. The third-order valence-corrected chi connectivity index (χ3v) is 2.97. The van der Waals surface area contributed by atoms with E-state index in [9.17, 15) is 22.4 Å². The van der Waals surface area contributed by atoms with Gasteiger partial charge in [-0.25, -0.2) is 19.2 Å². The number of anilines is 2. The number of alkyl halides is 3. The summed E-state index contributed by atoms with van der Waals surface area (Å²) in [6, 6.07) is 3.76. The smallest absolute Gasteiger partial charge is 0.434 e. The number of nitrogens with one attached hydrogen (secondary N) is 1. The molecule has 1 aromatic carbocycles. The van der Waals surface area contributed by atoms with Crippen LogP contribution in [0, 0.1) is 12.7 Å². The van der Waals surface area contributed by atoms with E-state index in [-0.39, 0.29) is 12.4 Å². The summed E-state index contributed by atoms with van der Waals surface area (Å²) in [7, 11) is 0. The maximum absolute atomic E-state index is 13.1. The fraction of sp³-hybridized carbons (Fsp3) is 0.267. The number of carbonyl (C=O) groups excluding carboxylic acids is 1. The molecule has 1 N–H and O–H groups in total. The standard InChI is InChI=1S/C15H13F4N3O2/c1-3-24-14(23)12-13(20-7-11(22-12)15(17,18)19)21-10-5-4-9(16)6-8(10)2/h4-7H,3H2,1-2H3,(H,20,21). The van der Waals surface area contributed by atoms with Gasteiger partial charge in [-0.2, -0.15) is 13.2 Å². The number of nitrogens with zero attached hydrogens (tertiary/aromatic N) is 2. The van der Waals surface area contributed by atoms with Gasteiger partial charge in [0.1, 0.15) is 5.82 Å². The fourth-order valence-corrected chi connectivity index (χ4v) is 1.85. The highest BCUT2D eigenvalue weighted by Crippen LogP contribution is 2.29. The van der Waals surface area contributed by atoms with Crippen LogP contribution in [0.15, 0.2) is 24.4 Å². The van der Waals surface area contributed by atoms with E-state index in [0.29, 0.717) is 17.4 Å². The third-order valence-electron chi connectivity index (χ3n) is 2.97. The van der Waals surface area contributed by atoms with Crippen molar-refractivity contribution in [1.82, 2.24) is 9.97 Å². The molecule has 0 unspecified atom stereocenters. The normalized spacial score (nSPS) is 11.2. The molecule has 9 heteroatoms. The average molecular weight is 343 g/mol. The Morgan fingerprint density at radius 3 is 2.62 bits per heavy atom. The highest BCUT2D eigenvalue weighted by atomic mass is 19.4. The Morgan fingerprint density at radius 2 is 2.04 bits per heavy atom. The number of esters is 1. The van der Waals surface area contributed by atoms with Gasteiger partial charge in [-0.3, -0.25) is 0 Å². The van der Waals surface area contributed by atoms with Gasteiger partial charge in [-0.05, 0) is 37.6 Å². The Hall–Kier alpha value is -2.71. The highest BCUT2D eigenvalue weighted by Gasteiger charge is 2.35. The molecule has 0 bridgehead atoms. The van der Waals surface area contributed by atoms with Gasteiger partial charge in [0.05, 0.1) is 12.8 Å². The van der Waals surface area contributed by atoms with Crippen LogP contribution in [0.25, 0.3) is 0 Å². The Labute approximate surface area is 134 Å². The van der Waals surface area contributed by atoms with Gasteiger partial charge in [-0.1, -0.05) is 0 Å². The van der Waals surface area contributed by atoms with Gasteiger partial charge in [0.2, 0.25) is 0 Å². The molecular weight excluding hydrogens is 330 g/mol. The molecule has 0 fully saturated rings. The number of halogens is 4. The van der Waals surface area contributed by atoms with Crippen LogP contribution < -0.4 is 5.32 Å². The maximum Gasteiger partial charge on any atom is 0.434 e. The number of rotatable bonds is 4. The van der Waals surface area contributed by atoms with E-state index < -0.39 is 29.4 Å². The first-order chi connectivity index (χ1) is 11.2. The molecule has 0 spiro atoms. The first kappa shape index (κ1) is 17.6. The minimum absolute atomic E-state index is 0.0359. The number of hydrogen-bond acceptors (Lipinski definition) is 5. The van der Waals surface area contributed by atoms with Crippen molar-refractivity contribution in [2.45, 2.75) is 20.0 Å². The summed E-state index contributed by atoms with van der Waals surface area (Å²) in [6.07, 6.45) is -4.25. The molecule has 0 aliphatic carbocycles. The van der Waals surface area contributed by atoms with E-state index in [1.54, 1.807) is 6.92 Å². The molecular formula is C15H13F4N3O2. The average Bonchev–Trinajstić information content (AvgIpc) is 2.49. The second-order valence-corrected chi connectivity index (χ2v) is 4.75. The van der Waals surface area contributed by atoms with Gasteiger partial charge in [-0.15, -0.1) is 0 Å². The number of hydrogen-bond donors (Lipinski definition) is 1. The lowest BCUT2D eigenvalue weighted by Crippen LogP contribution is -2.17. The molecule has 0 radical (unpaired) electrons. The molecule has 128 valence electrons. The highest BCUT2D eigenvalue weighted by molar-refractivity contribution is 5.93. The monoisotopic (exact) mass is 343 g/mol. The summed E-state index contributed by atoms with van der Waals surface area (Å²) >= 11 is 0. The zero-order valence-corrected chi connectivity index (χ0v) is 12.7. The predicted octanol–water partition coefficient (Wildman–Crippen LogP) is 3.86. The molecule has 1 heterocycles. The van der Waals surface area contributed by atoms with Crippen LogP contribution in [0.2, 0.25) is 0 Å². The Morgan fingerprint density at radius 1 is 1.33 bits per heavy atom. The number of carbonyl (C=O) groups is 1. The minimum atomic E-state index is -4.75. The summed E-state index contributed by atoms with van der Waals surface area (Å²) in [4.78, 5) is 18.8. The molecule has 0 saturated carbocycles. The van der Waals surface area contributed by atoms with Crippen molar-refractivity contribution in [3.63, 3.8) is 0 Å². The van der Waals surface area contributed by atoms with Crippen LogP contribution in [0.5, 0.6) is 0 Å². The second kappa shape index (κ2) is 6.81. The second-order valence-electron chi connectivity index (χ2n) is 4.75. The minimum Gasteiger partial charge on any atom is -0.461 e. The van der Waals surface area contributed by atoms with Gasteiger partial charge in [0, 0.05) is 5.69 Å². The molecule has 2 aromatic rings. The Bertz CT molecular complexity index is 763. The van der Waals surface area contributed by atoms with Crippen LogP contribution in [0.4, 0.5) is 29.1 Å². The quantitative estimate of drug-likeness (QED) is 0.674. The molecule has 0 aliphatic rings. The van der Waals surface area contributed by atoms with Crippen LogP contribution >= 0.6 is 0 Å². The molecule has 0 saturated heterocycles. The van der Waals surface area contributed by atoms with E-state index in [1.807, 2.05) is 0 Å². The summed E-state index contributed by atoms with van der Waals surface area (Å²) in [5, 5.41) is 2.68. The van der Waals surface area contributed by atoms with E-state index in [0.717, 1.165) is 6.07 Å². The number of aryl methyl sites for hydroxylation is 1. The van der Waals surface area contributed by atoms with Crippen molar-refractivity contribution < 1.29 is 27.1 Å². The van der Waals surface area contributed by atoms with E-state index in [4.69, 9.17) is 4.74 Å². The van der Waals surface area contributed by atoms with Crippen LogP contribution in [0.3, 0.4) is 0 Å². The van der Waals surface area contributed by atoms with Crippen molar-refractivity contribution >= 4 is 17.5 Å². The van der Waals surface area contributed by atoms with E-state index >= 15 is 0 Å². The van der Waals surface area contributed by atoms with Crippen molar-refractivity contribution in [3.8, 4) is 0 Å². The predicted molar refractivity (Wildman–Crippen MR) is 77.4 cm³/mol. The molecule has 0 amide bonds. The summed E-state index contributed by atoms with van der Waals surface area (Å²) in [6.45, 7) is 3.06. The first-order valence-electron chi connectivity index (χ1n) is 6.87. The first-order valence-corrected chi connectivity index (χ1v) is 6.87. The summed E-state index contributed by atoms with van der Waals surface area (Å²) in [5.74, 6) is -1.73. The van der Waals surface area contributed by atoms with Crippen LogP contribution in [0.1, 0.15) is 28.7 Å². The lowest BCUT2D eigenvalue weighted by molar-refractivity contribution is -0.141. The largest absolute Gasteiger partial charge is 0.461 e. The summed E-state index contributed by atoms with van der Waals surface area (Å²) in [5.41, 5.74) is -1.06. The molecule has 0 atom stereocenters. The fourth-order valence-electron chi connectivity index (χ4n) is 1.85. The van der Waals surface area contributed by atoms with Crippen LogP contribution in [-0.4, -0.2) is 22.5 Å². The summed E-state index contributed by atoms with van der Waals surface area (Å²) < 4.78 is 56.1. The zero-order chi connectivity index (χ0) is 17.9. The number of aromatic nitrogens is 2. The van der Waals surface area contributed by atoms with Crippen molar-refractivity contribution in [2.24, 2.45) is 0 Å². The van der Waals surface area contributed by atoms with Crippen molar-refractivity contribution in [3.05, 3.63) is 47.2 Å². The van der Waals surface area contributed by atoms with Gasteiger partial charge >= 0.3 is 12.1 Å². The van der Waals surface area contributed by atoms with E-state index in [2.05, 4.69) is 15.3 Å². The SMILES string of the molecule is CCOC(=O)c1nc(C(F)(F)F)cnc1Nc1ccc(F)cc1C. The van der Waals surface area contributed by atoms with Gasteiger partial charge in [0.15, 0.2) is 17.2 Å². The Balaban J connectivity index is 2.46. The van der Waals surface area contributed by atoms with Crippen molar-refractivity contribution in [2.75, 3.05) is 11.9 Å². The maximum atomic E-state index is 13.1. The zero-order valence-electron chi connectivity index (χ0n) is 12.7. The van der Waals surface area contributed by atoms with Gasteiger partial charge in [0.25, 0.3) is 0 Å². The number of benzene rings is 1. The molecule has 2 rings (SSSR count). The Kier molecular flexibility index (Phi) is 5.01. The van der Waals surface area contributed by atoms with Crippen LogP contribution in [-0.2, 0) is 10.9 Å². The van der Waals surface area contributed by atoms with E-state index in [1.165, 1.54) is 19.1 Å². The molecule has 24 heavy (non-hydrogen) atoms. The number of ether oxygens (including phenoxy) is 1. The molecule has 0 aliphatic heterocycles. The lowest BCUT2D eigenvalue weighted by Gasteiger charge is -2.13. The van der Waals surface area contributed by atoms with Crippen molar-refractivity contribution in [1.29, 1.82) is 0 Å². The van der Waals surface area contributed by atoms with Gasteiger partial charge < -0.3 is 10.1 Å².